The van der Waals surface area contributed by atoms with Crippen molar-refractivity contribution in [3.63, 3.8) is 0 Å². The Labute approximate surface area is 107 Å². The van der Waals surface area contributed by atoms with E-state index in [0.717, 1.165) is 31.4 Å². The molecule has 2 nitrogen and oxygen atoms in total. The Morgan fingerprint density at radius 3 is 2.67 bits per heavy atom. The first-order valence-corrected chi connectivity index (χ1v) is 6.57. The van der Waals surface area contributed by atoms with Gasteiger partial charge in [-0.3, -0.25) is 4.79 Å². The second-order valence-corrected chi connectivity index (χ2v) is 5.01. The molecule has 2 heteroatoms. The van der Waals surface area contributed by atoms with Gasteiger partial charge in [-0.15, -0.1) is 0 Å². The highest BCUT2D eigenvalue weighted by Gasteiger charge is 2.30. The fourth-order valence-electron chi connectivity index (χ4n) is 2.21. The number of rotatable bonds is 5. The van der Waals surface area contributed by atoms with E-state index in [4.69, 9.17) is 0 Å². The number of hydrogen-bond acceptors (Lipinski definition) is 1. The Morgan fingerprint density at radius 1 is 1.17 bits per heavy atom. The smallest absolute Gasteiger partial charge is 0.167 e. The maximum atomic E-state index is 11.9. The van der Waals surface area contributed by atoms with Crippen LogP contribution >= 0.6 is 0 Å². The van der Waals surface area contributed by atoms with E-state index in [-0.39, 0.29) is 0 Å². The van der Waals surface area contributed by atoms with Crippen molar-refractivity contribution >= 4 is 5.78 Å². The zero-order valence-corrected chi connectivity index (χ0v) is 10.4. The molecule has 0 aliphatic heterocycles. The Morgan fingerprint density at radius 2 is 1.94 bits per heavy atom. The van der Waals surface area contributed by atoms with Crippen molar-refractivity contribution in [2.24, 2.45) is 5.92 Å². The normalized spacial score (nSPS) is 14.7. The lowest BCUT2D eigenvalue weighted by Crippen LogP contribution is -2.01. The summed E-state index contributed by atoms with van der Waals surface area (Å²) in [7, 11) is 0. The third kappa shape index (κ3) is 2.53. The number of ketones is 1. The van der Waals surface area contributed by atoms with Gasteiger partial charge in [0.25, 0.3) is 0 Å². The van der Waals surface area contributed by atoms with E-state index in [2.05, 4.69) is 28.8 Å². The zero-order chi connectivity index (χ0) is 12.4. The van der Waals surface area contributed by atoms with Crippen molar-refractivity contribution < 1.29 is 4.79 Å². The molecule has 0 bridgehead atoms. The largest absolute Gasteiger partial charge is 0.353 e. The number of carbonyl (C=O) groups is 1. The molecule has 0 atom stereocenters. The molecular formula is C16H17NO. The van der Waals surface area contributed by atoms with Gasteiger partial charge in [0.2, 0.25) is 0 Å². The van der Waals surface area contributed by atoms with Crippen LogP contribution in [0, 0.1) is 5.92 Å². The highest BCUT2D eigenvalue weighted by molar-refractivity contribution is 5.99. The van der Waals surface area contributed by atoms with Gasteiger partial charge in [0.1, 0.15) is 0 Å². The second kappa shape index (κ2) is 4.81. The second-order valence-electron chi connectivity index (χ2n) is 5.01. The third-order valence-electron chi connectivity index (χ3n) is 3.48. The monoisotopic (exact) mass is 239 g/mol. The molecule has 0 spiro atoms. The van der Waals surface area contributed by atoms with Crippen LogP contribution in [0.15, 0.2) is 48.8 Å². The van der Waals surface area contributed by atoms with E-state index < -0.39 is 0 Å². The fourth-order valence-corrected chi connectivity index (χ4v) is 2.21. The maximum absolute atomic E-state index is 11.9. The fraction of sp³-hybridized carbons (Fsp3) is 0.312. The lowest BCUT2D eigenvalue weighted by Gasteiger charge is -2.02. The van der Waals surface area contributed by atoms with E-state index in [1.165, 1.54) is 5.56 Å². The predicted molar refractivity (Wildman–Crippen MR) is 71.6 cm³/mol. The van der Waals surface area contributed by atoms with E-state index in [0.29, 0.717) is 11.7 Å². The number of benzene rings is 1. The molecule has 2 aromatic rings. The average Bonchev–Trinajstić information content (AvgIpc) is 3.15. The van der Waals surface area contributed by atoms with Crippen LogP contribution < -0.4 is 0 Å². The van der Waals surface area contributed by atoms with E-state index in [1.807, 2.05) is 24.5 Å². The van der Waals surface area contributed by atoms with Gasteiger partial charge in [0.05, 0.1) is 0 Å². The van der Waals surface area contributed by atoms with Crippen molar-refractivity contribution in [1.29, 1.82) is 0 Å². The van der Waals surface area contributed by atoms with Gasteiger partial charge in [-0.05, 0) is 30.9 Å². The molecule has 1 heterocycles. The Balaban J connectivity index is 1.61. The summed E-state index contributed by atoms with van der Waals surface area (Å²) >= 11 is 0. The topological polar surface area (TPSA) is 22.0 Å². The first-order chi connectivity index (χ1) is 8.83. The first-order valence-electron chi connectivity index (χ1n) is 6.57. The lowest BCUT2D eigenvalue weighted by atomic mass is 10.1. The molecule has 18 heavy (non-hydrogen) atoms. The Bertz CT molecular complexity index is 537. The van der Waals surface area contributed by atoms with Crippen molar-refractivity contribution in [2.75, 3.05) is 0 Å². The molecule has 1 aliphatic rings. The predicted octanol–water partition coefficient (Wildman–Crippen LogP) is 3.32. The quantitative estimate of drug-likeness (QED) is 0.734. The van der Waals surface area contributed by atoms with Gasteiger partial charge in [-0.2, -0.15) is 0 Å². The van der Waals surface area contributed by atoms with Gasteiger partial charge in [-0.1, -0.05) is 30.3 Å². The molecular weight excluding hydrogens is 222 g/mol. The number of aryl methyl sites for hydroxylation is 2. The number of hydrogen-bond donors (Lipinski definition) is 0. The minimum atomic E-state index is 0.315. The lowest BCUT2D eigenvalue weighted by molar-refractivity contribution is 0.0967. The highest BCUT2D eigenvalue weighted by Crippen LogP contribution is 2.32. The van der Waals surface area contributed by atoms with E-state index >= 15 is 0 Å². The molecule has 1 saturated carbocycles. The van der Waals surface area contributed by atoms with Gasteiger partial charge in [0.15, 0.2) is 5.78 Å². The van der Waals surface area contributed by atoms with Crippen molar-refractivity contribution in [3.05, 3.63) is 59.9 Å². The van der Waals surface area contributed by atoms with Gasteiger partial charge in [0, 0.05) is 30.4 Å². The maximum Gasteiger partial charge on any atom is 0.167 e. The van der Waals surface area contributed by atoms with Crippen LogP contribution in [-0.4, -0.2) is 10.4 Å². The van der Waals surface area contributed by atoms with Crippen LogP contribution in [0.5, 0.6) is 0 Å². The molecule has 0 saturated heterocycles. The summed E-state index contributed by atoms with van der Waals surface area (Å²) in [6, 6.07) is 12.4. The molecule has 1 fully saturated rings. The molecule has 1 aromatic heterocycles. The standard InChI is InChI=1S/C16H17NO/c18-16(14-6-7-14)15-9-11-17(12-15)10-8-13-4-2-1-3-5-13/h1-5,9,11-12,14H,6-8,10H2. The zero-order valence-electron chi connectivity index (χ0n) is 10.4. The number of aromatic nitrogens is 1. The van der Waals surface area contributed by atoms with E-state index in [1.54, 1.807) is 0 Å². The molecule has 0 radical (unpaired) electrons. The summed E-state index contributed by atoms with van der Waals surface area (Å²) in [6.07, 6.45) is 7.16. The van der Waals surface area contributed by atoms with Crippen LogP contribution in [0.3, 0.4) is 0 Å². The van der Waals surface area contributed by atoms with Crippen molar-refractivity contribution in [3.8, 4) is 0 Å². The van der Waals surface area contributed by atoms with E-state index in [9.17, 15) is 4.79 Å². The molecule has 1 aliphatic carbocycles. The van der Waals surface area contributed by atoms with Crippen molar-refractivity contribution in [2.45, 2.75) is 25.8 Å². The summed E-state index contributed by atoms with van der Waals surface area (Å²) in [5.74, 6) is 0.642. The average molecular weight is 239 g/mol. The molecule has 0 N–H and O–H groups in total. The Kier molecular flexibility index (Phi) is 3.01. The van der Waals surface area contributed by atoms with Crippen LogP contribution in [0.1, 0.15) is 28.8 Å². The summed E-state index contributed by atoms with van der Waals surface area (Å²) in [5, 5.41) is 0. The highest BCUT2D eigenvalue weighted by atomic mass is 16.1. The summed E-state index contributed by atoms with van der Waals surface area (Å²) in [6.45, 7) is 0.932. The number of carbonyl (C=O) groups excluding carboxylic acids is 1. The van der Waals surface area contributed by atoms with Gasteiger partial charge >= 0.3 is 0 Å². The van der Waals surface area contributed by atoms with Crippen LogP contribution in [0.25, 0.3) is 0 Å². The minimum Gasteiger partial charge on any atom is -0.353 e. The number of Topliss-reactive ketones (excluding diaryl/α,β-unsaturated/α-hetero) is 1. The molecule has 1 aromatic carbocycles. The minimum absolute atomic E-state index is 0.315. The molecule has 92 valence electrons. The number of nitrogens with zero attached hydrogens (tertiary/aromatic N) is 1. The van der Waals surface area contributed by atoms with Crippen LogP contribution in [0.2, 0.25) is 0 Å². The van der Waals surface area contributed by atoms with Crippen LogP contribution in [-0.2, 0) is 13.0 Å². The third-order valence-corrected chi connectivity index (χ3v) is 3.48. The molecule has 3 rings (SSSR count). The van der Waals surface area contributed by atoms with Gasteiger partial charge in [-0.25, -0.2) is 0 Å². The summed E-state index contributed by atoms with van der Waals surface area (Å²) in [5.41, 5.74) is 2.21. The van der Waals surface area contributed by atoms with Gasteiger partial charge < -0.3 is 4.57 Å². The van der Waals surface area contributed by atoms with Crippen molar-refractivity contribution in [1.82, 2.24) is 4.57 Å². The first kappa shape index (κ1) is 11.3. The summed E-state index contributed by atoms with van der Waals surface area (Å²) in [4.78, 5) is 11.9. The Hall–Kier alpha value is -1.83. The SMILES string of the molecule is O=C(c1ccn(CCc2ccccc2)c1)C1CC1. The molecule has 0 unspecified atom stereocenters. The summed E-state index contributed by atoms with van der Waals surface area (Å²) < 4.78 is 2.11. The molecule has 0 amide bonds. The van der Waals surface area contributed by atoms with Crippen LogP contribution in [0.4, 0.5) is 0 Å².